The van der Waals surface area contributed by atoms with Gasteiger partial charge in [0.15, 0.2) is 5.65 Å². The lowest BCUT2D eigenvalue weighted by atomic mass is 9.99. The molecule has 1 aliphatic heterocycles. The van der Waals surface area contributed by atoms with E-state index in [4.69, 9.17) is 14.9 Å². The van der Waals surface area contributed by atoms with Crippen LogP contribution in [0.15, 0.2) is 41.3 Å². The molecule has 35 heavy (non-hydrogen) atoms. The maximum Gasteiger partial charge on any atom is 0.490 e. The minimum Gasteiger partial charge on any atom is -0.475 e. The van der Waals surface area contributed by atoms with E-state index >= 15 is 0 Å². The molecule has 11 heteroatoms. The summed E-state index contributed by atoms with van der Waals surface area (Å²) in [4.78, 5) is 31.9. The van der Waals surface area contributed by atoms with E-state index in [1.165, 1.54) is 18.4 Å². The van der Waals surface area contributed by atoms with Crippen molar-refractivity contribution >= 4 is 17.0 Å². The highest BCUT2D eigenvalue weighted by Crippen LogP contribution is 2.33. The van der Waals surface area contributed by atoms with Crippen LogP contribution in [0.4, 0.5) is 13.2 Å². The largest absolute Gasteiger partial charge is 0.490 e. The van der Waals surface area contributed by atoms with Crippen LogP contribution in [-0.4, -0.2) is 55.0 Å². The summed E-state index contributed by atoms with van der Waals surface area (Å²) in [6, 6.07) is 11.2. The van der Waals surface area contributed by atoms with Crippen molar-refractivity contribution in [2.75, 3.05) is 13.1 Å². The van der Waals surface area contributed by atoms with E-state index in [1.807, 2.05) is 4.68 Å². The summed E-state index contributed by atoms with van der Waals surface area (Å²) in [5, 5.41) is 12.2. The average molecular weight is 492 g/mol. The van der Waals surface area contributed by atoms with Gasteiger partial charge in [0.05, 0.1) is 18.3 Å². The molecule has 0 bridgehead atoms. The molecule has 2 fully saturated rings. The number of hydrogen-bond donors (Lipinski definition) is 2. The van der Waals surface area contributed by atoms with Crippen LogP contribution >= 0.6 is 0 Å². The Hall–Kier alpha value is -3.21. The molecule has 1 saturated carbocycles. The molecule has 1 aliphatic carbocycles. The number of aromatic amines is 1. The molecule has 1 saturated heterocycles. The van der Waals surface area contributed by atoms with Crippen molar-refractivity contribution in [1.29, 1.82) is 0 Å². The average Bonchev–Trinajstić information content (AvgIpc) is 3.59. The number of carbonyl (C=O) groups is 1. The Labute approximate surface area is 199 Å². The van der Waals surface area contributed by atoms with Crippen LogP contribution in [0.25, 0.3) is 11.0 Å². The maximum atomic E-state index is 12.7. The van der Waals surface area contributed by atoms with E-state index in [2.05, 4.69) is 52.2 Å². The Morgan fingerprint density at radius 2 is 1.83 bits per heavy atom. The number of nitrogens with zero attached hydrogens (tertiary/aromatic N) is 4. The number of carboxylic acid groups (broad SMARTS) is 1. The molecule has 3 heterocycles. The molecule has 0 spiro atoms. The molecular formula is C24H28F3N5O3. The smallest absolute Gasteiger partial charge is 0.475 e. The second kappa shape index (κ2) is 10.2. The first-order chi connectivity index (χ1) is 16.6. The second-order valence-corrected chi connectivity index (χ2v) is 9.09. The summed E-state index contributed by atoms with van der Waals surface area (Å²) < 4.78 is 33.7. The van der Waals surface area contributed by atoms with Gasteiger partial charge in [-0.25, -0.2) is 14.5 Å². The molecule has 2 aliphatic rings. The zero-order chi connectivity index (χ0) is 25.2. The fourth-order valence-electron chi connectivity index (χ4n) is 4.88. The molecular weight excluding hydrogens is 463 g/mol. The van der Waals surface area contributed by atoms with Gasteiger partial charge in [0.2, 0.25) is 0 Å². The minimum atomic E-state index is -5.08. The van der Waals surface area contributed by atoms with Gasteiger partial charge in [-0.05, 0) is 44.2 Å². The van der Waals surface area contributed by atoms with E-state index in [1.54, 1.807) is 6.20 Å². The van der Waals surface area contributed by atoms with Crippen LogP contribution in [0.1, 0.15) is 68.4 Å². The lowest BCUT2D eigenvalue weighted by molar-refractivity contribution is -0.192. The first kappa shape index (κ1) is 24.9. The van der Waals surface area contributed by atoms with Gasteiger partial charge in [-0.1, -0.05) is 43.2 Å². The van der Waals surface area contributed by atoms with E-state index in [0.717, 1.165) is 43.8 Å². The number of alkyl halides is 3. The van der Waals surface area contributed by atoms with Crippen LogP contribution in [0, 0.1) is 0 Å². The Balaban J connectivity index is 0.000000364. The molecule has 0 radical (unpaired) electrons. The third-order valence-corrected chi connectivity index (χ3v) is 6.83. The van der Waals surface area contributed by atoms with Gasteiger partial charge < -0.3 is 10.1 Å². The topological polar surface area (TPSA) is 104 Å². The lowest BCUT2D eigenvalue weighted by Crippen LogP contribution is -2.28. The number of nitrogens with one attached hydrogen (secondary N) is 1. The monoisotopic (exact) mass is 491 g/mol. The Bertz CT molecular complexity index is 1220. The molecule has 1 aromatic carbocycles. The highest BCUT2D eigenvalue weighted by molar-refractivity contribution is 5.73. The number of aliphatic carboxylic acids is 1. The summed E-state index contributed by atoms with van der Waals surface area (Å²) in [7, 11) is 0. The predicted molar refractivity (Wildman–Crippen MR) is 123 cm³/mol. The van der Waals surface area contributed by atoms with Crippen LogP contribution < -0.4 is 5.56 Å². The van der Waals surface area contributed by atoms with Crippen molar-refractivity contribution in [2.24, 2.45) is 0 Å². The summed E-state index contributed by atoms with van der Waals surface area (Å²) in [6.07, 6.45) is 2.44. The molecule has 2 unspecified atom stereocenters. The van der Waals surface area contributed by atoms with Crippen molar-refractivity contribution in [3.05, 3.63) is 58.3 Å². The molecule has 188 valence electrons. The maximum absolute atomic E-state index is 12.7. The van der Waals surface area contributed by atoms with Crippen molar-refractivity contribution < 1.29 is 23.1 Å². The fraction of sp³-hybridized carbons (Fsp3) is 0.500. The van der Waals surface area contributed by atoms with Crippen molar-refractivity contribution in [3.63, 3.8) is 0 Å². The van der Waals surface area contributed by atoms with E-state index in [-0.39, 0.29) is 11.6 Å². The highest BCUT2D eigenvalue weighted by Gasteiger charge is 2.38. The number of hydrogen-bond acceptors (Lipinski definition) is 5. The number of likely N-dealkylation sites (tertiary alicyclic amines) is 1. The predicted octanol–water partition coefficient (Wildman–Crippen LogP) is 4.42. The van der Waals surface area contributed by atoms with Gasteiger partial charge in [0.25, 0.3) is 5.56 Å². The van der Waals surface area contributed by atoms with Gasteiger partial charge in [0.1, 0.15) is 11.2 Å². The Kier molecular flexibility index (Phi) is 7.25. The number of fused-ring (bicyclic) bond motifs is 1. The van der Waals surface area contributed by atoms with Crippen molar-refractivity contribution in [1.82, 2.24) is 24.6 Å². The normalized spacial score (nSPS) is 20.1. The highest BCUT2D eigenvalue weighted by atomic mass is 19.4. The molecule has 2 N–H and O–H groups in total. The van der Waals surface area contributed by atoms with E-state index in [9.17, 15) is 18.0 Å². The number of benzene rings is 1. The summed E-state index contributed by atoms with van der Waals surface area (Å²) in [6.45, 7) is 4.16. The van der Waals surface area contributed by atoms with Crippen LogP contribution in [-0.2, 0) is 4.79 Å². The van der Waals surface area contributed by atoms with Gasteiger partial charge in [-0.15, -0.1) is 0 Å². The standard InChI is InChI=1S/C22H27N5O.C2HF3O2/c1-15(26-12-11-17(14-26)16-7-3-2-4-8-16)20-24-21-19(22(28)25-20)13-23-27(21)18-9-5-6-10-18;3-2(4,5)1(6)7/h2-4,7-8,13,15,17-18H,5-6,9-12,14H2,1H3,(H,24,25,28);(H,6,7). The molecule has 8 nitrogen and oxygen atoms in total. The zero-order valence-corrected chi connectivity index (χ0v) is 19.3. The van der Waals surface area contributed by atoms with Crippen LogP contribution in [0.5, 0.6) is 0 Å². The number of H-pyrrole nitrogens is 1. The molecule has 5 rings (SSSR count). The quantitative estimate of drug-likeness (QED) is 0.560. The lowest BCUT2D eigenvalue weighted by Gasteiger charge is -2.23. The molecule has 3 aromatic rings. The van der Waals surface area contributed by atoms with E-state index < -0.39 is 12.1 Å². The molecule has 2 atom stereocenters. The van der Waals surface area contributed by atoms with Gasteiger partial charge in [0, 0.05) is 6.54 Å². The summed E-state index contributed by atoms with van der Waals surface area (Å²) in [5.74, 6) is -1.46. The minimum absolute atomic E-state index is 0.0742. The Morgan fingerprint density at radius 3 is 2.46 bits per heavy atom. The van der Waals surface area contributed by atoms with Gasteiger partial charge in [-0.3, -0.25) is 9.69 Å². The second-order valence-electron chi connectivity index (χ2n) is 9.09. The zero-order valence-electron chi connectivity index (χ0n) is 19.3. The van der Waals surface area contributed by atoms with Crippen molar-refractivity contribution in [2.45, 2.75) is 63.2 Å². The van der Waals surface area contributed by atoms with Gasteiger partial charge in [-0.2, -0.15) is 18.3 Å². The van der Waals surface area contributed by atoms with Crippen LogP contribution in [0.3, 0.4) is 0 Å². The first-order valence-corrected chi connectivity index (χ1v) is 11.7. The fourth-order valence-corrected chi connectivity index (χ4v) is 4.88. The Morgan fingerprint density at radius 1 is 1.17 bits per heavy atom. The third kappa shape index (κ3) is 5.55. The third-order valence-electron chi connectivity index (χ3n) is 6.83. The number of rotatable bonds is 4. The SMILES string of the molecule is CC(c1nc2c(cnn2C2CCCC2)c(=O)[nH]1)N1CCC(c2ccccc2)C1.O=C(O)C(F)(F)F. The number of aromatic nitrogens is 4. The van der Waals surface area contributed by atoms with Crippen molar-refractivity contribution in [3.8, 4) is 0 Å². The molecule has 2 aromatic heterocycles. The number of carboxylic acids is 1. The summed E-state index contributed by atoms with van der Waals surface area (Å²) in [5.41, 5.74) is 2.07. The van der Waals surface area contributed by atoms with Crippen LogP contribution in [0.2, 0.25) is 0 Å². The first-order valence-electron chi connectivity index (χ1n) is 11.7. The van der Waals surface area contributed by atoms with E-state index in [0.29, 0.717) is 17.3 Å². The van der Waals surface area contributed by atoms with Gasteiger partial charge >= 0.3 is 12.1 Å². The summed E-state index contributed by atoms with van der Waals surface area (Å²) >= 11 is 0. The molecule has 0 amide bonds. The number of halogens is 3.